The molecule has 1 N–H and O–H groups in total. The zero-order valence-corrected chi connectivity index (χ0v) is 10.9. The van der Waals surface area contributed by atoms with Crippen molar-refractivity contribution in [3.63, 3.8) is 0 Å². The molecule has 0 spiro atoms. The number of rotatable bonds is 2. The first-order chi connectivity index (χ1) is 9.25. The Labute approximate surface area is 112 Å². The average Bonchev–Trinajstić information content (AvgIpc) is 2.47. The molecule has 0 aromatic heterocycles. The van der Waals surface area contributed by atoms with Crippen LogP contribution in [0.25, 0.3) is 0 Å². The van der Waals surface area contributed by atoms with Crippen LogP contribution in [-0.2, 0) is 6.54 Å². The van der Waals surface area contributed by atoms with Gasteiger partial charge in [0.05, 0.1) is 6.04 Å². The maximum atomic E-state index is 13.0. The smallest absolute Gasteiger partial charge is 0.123 e. The second-order valence-electron chi connectivity index (χ2n) is 4.93. The minimum absolute atomic E-state index is 0.195. The first-order valence-corrected chi connectivity index (χ1v) is 6.52. The summed E-state index contributed by atoms with van der Waals surface area (Å²) in [4.78, 5) is 2.20. The summed E-state index contributed by atoms with van der Waals surface area (Å²) in [7, 11) is 2.06. The van der Waals surface area contributed by atoms with Crippen LogP contribution in [0.2, 0.25) is 0 Å². The van der Waals surface area contributed by atoms with Gasteiger partial charge in [-0.1, -0.05) is 24.3 Å². The van der Waals surface area contributed by atoms with E-state index < -0.39 is 0 Å². The van der Waals surface area contributed by atoms with Gasteiger partial charge in [-0.3, -0.25) is 0 Å². The third-order valence-electron chi connectivity index (χ3n) is 3.77. The van der Waals surface area contributed by atoms with E-state index in [-0.39, 0.29) is 11.9 Å². The first-order valence-electron chi connectivity index (χ1n) is 6.52. The van der Waals surface area contributed by atoms with Crippen LogP contribution in [0.4, 0.5) is 10.1 Å². The molecule has 0 fully saturated rings. The molecule has 1 heterocycles. The molecule has 0 radical (unpaired) electrons. The molecule has 0 aliphatic carbocycles. The summed E-state index contributed by atoms with van der Waals surface area (Å²) in [6, 6.07) is 15.4. The Balaban J connectivity index is 1.92. The van der Waals surface area contributed by atoms with Crippen molar-refractivity contribution < 1.29 is 4.39 Å². The minimum atomic E-state index is -0.195. The van der Waals surface area contributed by atoms with Gasteiger partial charge in [0.2, 0.25) is 0 Å². The van der Waals surface area contributed by atoms with Crippen LogP contribution in [0, 0.1) is 5.82 Å². The maximum Gasteiger partial charge on any atom is 0.123 e. The molecule has 3 rings (SSSR count). The number of fused-ring (bicyclic) bond motifs is 1. The van der Waals surface area contributed by atoms with Crippen molar-refractivity contribution in [1.82, 2.24) is 5.32 Å². The van der Waals surface area contributed by atoms with Gasteiger partial charge in [0, 0.05) is 25.8 Å². The third-order valence-corrected chi connectivity index (χ3v) is 3.77. The first kappa shape index (κ1) is 12.2. The molecule has 98 valence electrons. The topological polar surface area (TPSA) is 15.3 Å². The number of benzene rings is 2. The second kappa shape index (κ2) is 5.02. The largest absolute Gasteiger partial charge is 0.366 e. The fourth-order valence-electron chi connectivity index (χ4n) is 2.68. The molecule has 2 nitrogen and oxygen atoms in total. The van der Waals surface area contributed by atoms with E-state index in [0.29, 0.717) is 0 Å². The van der Waals surface area contributed by atoms with Gasteiger partial charge < -0.3 is 10.2 Å². The maximum absolute atomic E-state index is 13.0. The van der Waals surface area contributed by atoms with Crippen LogP contribution < -0.4 is 10.2 Å². The fraction of sp³-hybridized carbons (Fsp3) is 0.250. The Morgan fingerprint density at radius 1 is 1.11 bits per heavy atom. The molecule has 0 saturated heterocycles. The van der Waals surface area contributed by atoms with Crippen molar-refractivity contribution in [1.29, 1.82) is 0 Å². The van der Waals surface area contributed by atoms with Crippen LogP contribution >= 0.6 is 0 Å². The van der Waals surface area contributed by atoms with Gasteiger partial charge in [-0.15, -0.1) is 0 Å². The zero-order chi connectivity index (χ0) is 13.2. The highest BCUT2D eigenvalue weighted by Crippen LogP contribution is 2.29. The molecule has 1 atom stereocenters. The van der Waals surface area contributed by atoms with Crippen molar-refractivity contribution in [3.05, 3.63) is 65.5 Å². The van der Waals surface area contributed by atoms with Crippen LogP contribution in [0.1, 0.15) is 17.2 Å². The number of nitrogens with one attached hydrogen (secondary N) is 1. The summed E-state index contributed by atoms with van der Waals surface area (Å²) in [5.41, 5.74) is 3.73. The number of anilines is 1. The molecule has 2 aromatic rings. The number of likely N-dealkylation sites (N-methyl/N-ethyl adjacent to an activating group) is 1. The van der Waals surface area contributed by atoms with Crippen molar-refractivity contribution in [3.8, 4) is 0 Å². The van der Waals surface area contributed by atoms with Crippen molar-refractivity contribution in [2.24, 2.45) is 0 Å². The zero-order valence-electron chi connectivity index (χ0n) is 10.9. The molecular formula is C16H17FN2. The lowest BCUT2D eigenvalue weighted by Crippen LogP contribution is -2.37. The van der Waals surface area contributed by atoms with Crippen molar-refractivity contribution >= 4 is 5.69 Å². The van der Waals surface area contributed by atoms with Gasteiger partial charge in [-0.2, -0.15) is 0 Å². The molecule has 0 saturated carbocycles. The molecule has 0 amide bonds. The molecule has 0 bridgehead atoms. The van der Waals surface area contributed by atoms with E-state index >= 15 is 0 Å². The standard InChI is InChI=1S/C16H17FN2/c1-19(14-8-6-13(17)7-9-14)16-11-18-10-12-4-2-3-5-15(12)16/h2-9,16,18H,10-11H2,1H3. The molecule has 19 heavy (non-hydrogen) atoms. The van der Waals surface area contributed by atoms with Gasteiger partial charge in [-0.05, 0) is 35.4 Å². The predicted octanol–water partition coefficient (Wildman–Crippen LogP) is 3.11. The highest BCUT2D eigenvalue weighted by atomic mass is 19.1. The minimum Gasteiger partial charge on any atom is -0.366 e. The molecule has 1 aliphatic heterocycles. The summed E-state index contributed by atoms with van der Waals surface area (Å²) in [6.07, 6.45) is 0. The normalized spacial score (nSPS) is 17.9. The lowest BCUT2D eigenvalue weighted by atomic mass is 9.95. The molecule has 3 heteroatoms. The van der Waals surface area contributed by atoms with Crippen LogP contribution in [0.5, 0.6) is 0 Å². The number of hydrogen-bond donors (Lipinski definition) is 1. The second-order valence-corrected chi connectivity index (χ2v) is 4.93. The molecule has 1 unspecified atom stereocenters. The van der Waals surface area contributed by atoms with Gasteiger partial charge in [0.15, 0.2) is 0 Å². The van der Waals surface area contributed by atoms with E-state index in [1.165, 1.54) is 23.3 Å². The third kappa shape index (κ3) is 2.34. The van der Waals surface area contributed by atoms with Gasteiger partial charge in [-0.25, -0.2) is 4.39 Å². The summed E-state index contributed by atoms with van der Waals surface area (Å²) in [5.74, 6) is -0.195. The predicted molar refractivity (Wildman–Crippen MR) is 75.7 cm³/mol. The Kier molecular flexibility index (Phi) is 3.22. The summed E-state index contributed by atoms with van der Waals surface area (Å²) in [5, 5.41) is 3.44. The van der Waals surface area contributed by atoms with Crippen LogP contribution in [0.15, 0.2) is 48.5 Å². The lowest BCUT2D eigenvalue weighted by Gasteiger charge is -2.35. The van der Waals surface area contributed by atoms with E-state index in [9.17, 15) is 4.39 Å². The Morgan fingerprint density at radius 2 is 1.84 bits per heavy atom. The van der Waals surface area contributed by atoms with Gasteiger partial charge >= 0.3 is 0 Å². The Hall–Kier alpha value is -1.87. The average molecular weight is 256 g/mol. The summed E-state index contributed by atoms with van der Waals surface area (Å²) < 4.78 is 13.0. The number of nitrogens with zero attached hydrogens (tertiary/aromatic N) is 1. The van der Waals surface area contributed by atoms with Crippen molar-refractivity contribution in [2.75, 3.05) is 18.5 Å². The van der Waals surface area contributed by atoms with Gasteiger partial charge in [0.1, 0.15) is 5.82 Å². The van der Waals surface area contributed by atoms with Crippen LogP contribution in [0.3, 0.4) is 0 Å². The fourth-order valence-corrected chi connectivity index (χ4v) is 2.68. The monoisotopic (exact) mass is 256 g/mol. The molecule has 2 aromatic carbocycles. The van der Waals surface area contributed by atoms with E-state index in [0.717, 1.165) is 18.8 Å². The highest BCUT2D eigenvalue weighted by Gasteiger charge is 2.23. The van der Waals surface area contributed by atoms with Gasteiger partial charge in [0.25, 0.3) is 0 Å². The van der Waals surface area contributed by atoms with E-state index in [2.05, 4.69) is 41.5 Å². The molecule has 1 aliphatic rings. The lowest BCUT2D eigenvalue weighted by molar-refractivity contribution is 0.534. The SMILES string of the molecule is CN(c1ccc(F)cc1)C1CNCc2ccccc21. The quantitative estimate of drug-likeness (QED) is 0.888. The Morgan fingerprint density at radius 3 is 2.63 bits per heavy atom. The van der Waals surface area contributed by atoms with E-state index in [1.807, 2.05) is 12.1 Å². The van der Waals surface area contributed by atoms with E-state index in [4.69, 9.17) is 0 Å². The van der Waals surface area contributed by atoms with Crippen LogP contribution in [-0.4, -0.2) is 13.6 Å². The summed E-state index contributed by atoms with van der Waals surface area (Å²) in [6.45, 7) is 1.83. The Bertz CT molecular complexity index is 565. The molecular weight excluding hydrogens is 239 g/mol. The van der Waals surface area contributed by atoms with Crippen molar-refractivity contribution in [2.45, 2.75) is 12.6 Å². The van der Waals surface area contributed by atoms with E-state index in [1.54, 1.807) is 0 Å². The highest BCUT2D eigenvalue weighted by molar-refractivity contribution is 5.49. The number of halogens is 1. The summed E-state index contributed by atoms with van der Waals surface area (Å²) >= 11 is 0. The number of hydrogen-bond acceptors (Lipinski definition) is 2.